The summed E-state index contributed by atoms with van der Waals surface area (Å²) in [7, 11) is 0. The standard InChI is InChI=1S/C24H29NO3/c26-24(19-6-2-1-3-7-19)12-13-25(21-9-5-4-8-20(21)24)17-18-10-11-22-23(16-18)28-15-14-27-22/h1-3,6-7,10-11,16,20-21,26H,4-5,8-9,12-15,17H2/t20-,21+,24+/m0/s1. The number of ether oxygens (including phenoxy) is 2. The fraction of sp³-hybridized carbons (Fsp3) is 0.500. The van der Waals surface area contributed by atoms with Crippen LogP contribution in [-0.4, -0.2) is 35.8 Å². The van der Waals surface area contributed by atoms with E-state index in [2.05, 4.69) is 29.2 Å². The van der Waals surface area contributed by atoms with E-state index >= 15 is 0 Å². The Morgan fingerprint density at radius 1 is 0.964 bits per heavy atom. The molecule has 2 aromatic rings. The number of piperidine rings is 1. The Labute approximate surface area is 167 Å². The molecular weight excluding hydrogens is 350 g/mol. The van der Waals surface area contributed by atoms with E-state index in [1.165, 1.54) is 24.8 Å². The van der Waals surface area contributed by atoms with Crippen LogP contribution in [0.3, 0.4) is 0 Å². The average Bonchev–Trinajstić information content (AvgIpc) is 2.76. The van der Waals surface area contributed by atoms with Crippen LogP contribution in [0.4, 0.5) is 0 Å². The van der Waals surface area contributed by atoms with Crippen molar-refractivity contribution < 1.29 is 14.6 Å². The summed E-state index contributed by atoms with van der Waals surface area (Å²) in [5, 5.41) is 11.7. The lowest BCUT2D eigenvalue weighted by Crippen LogP contribution is -2.57. The molecule has 5 rings (SSSR count). The summed E-state index contributed by atoms with van der Waals surface area (Å²) < 4.78 is 11.4. The van der Waals surface area contributed by atoms with E-state index in [-0.39, 0.29) is 0 Å². The van der Waals surface area contributed by atoms with Crippen LogP contribution in [0.1, 0.15) is 43.2 Å². The van der Waals surface area contributed by atoms with Crippen molar-refractivity contribution in [1.82, 2.24) is 4.90 Å². The van der Waals surface area contributed by atoms with E-state index in [0.717, 1.165) is 43.0 Å². The Morgan fingerprint density at radius 2 is 1.75 bits per heavy atom. The van der Waals surface area contributed by atoms with E-state index < -0.39 is 5.60 Å². The molecule has 2 aromatic carbocycles. The molecule has 4 heteroatoms. The maximum atomic E-state index is 11.7. The molecule has 0 spiro atoms. The SMILES string of the molecule is O[C@@]1(c2ccccc2)CCN(Cc2ccc3c(c2)OCCO3)[C@@H]2CCCC[C@@H]21. The van der Waals surface area contributed by atoms with Gasteiger partial charge in [0.1, 0.15) is 13.2 Å². The van der Waals surface area contributed by atoms with Gasteiger partial charge < -0.3 is 14.6 Å². The minimum atomic E-state index is -0.699. The molecule has 2 aliphatic heterocycles. The van der Waals surface area contributed by atoms with Crippen molar-refractivity contribution >= 4 is 0 Å². The molecule has 1 saturated heterocycles. The molecule has 1 saturated carbocycles. The number of rotatable bonds is 3. The number of nitrogens with zero attached hydrogens (tertiary/aromatic N) is 1. The van der Waals surface area contributed by atoms with Crippen molar-refractivity contribution in [2.75, 3.05) is 19.8 Å². The van der Waals surface area contributed by atoms with Crippen molar-refractivity contribution in [2.45, 2.75) is 50.3 Å². The molecule has 148 valence electrons. The largest absolute Gasteiger partial charge is 0.486 e. The highest BCUT2D eigenvalue weighted by molar-refractivity contribution is 5.43. The van der Waals surface area contributed by atoms with Crippen molar-refractivity contribution in [3.63, 3.8) is 0 Å². The zero-order valence-corrected chi connectivity index (χ0v) is 16.3. The molecule has 0 aromatic heterocycles. The molecule has 1 aliphatic carbocycles. The van der Waals surface area contributed by atoms with E-state index in [1.54, 1.807) is 0 Å². The summed E-state index contributed by atoms with van der Waals surface area (Å²) in [6.07, 6.45) is 5.54. The van der Waals surface area contributed by atoms with E-state index in [0.29, 0.717) is 25.2 Å². The second-order valence-corrected chi connectivity index (χ2v) is 8.45. The maximum absolute atomic E-state index is 11.7. The normalized spacial score (nSPS) is 29.9. The Morgan fingerprint density at radius 3 is 2.61 bits per heavy atom. The van der Waals surface area contributed by atoms with Crippen LogP contribution < -0.4 is 9.47 Å². The molecule has 0 radical (unpaired) electrons. The average molecular weight is 380 g/mol. The maximum Gasteiger partial charge on any atom is 0.161 e. The van der Waals surface area contributed by atoms with E-state index in [9.17, 15) is 5.11 Å². The Balaban J connectivity index is 1.39. The molecule has 0 amide bonds. The van der Waals surface area contributed by atoms with Crippen LogP contribution in [0.15, 0.2) is 48.5 Å². The van der Waals surface area contributed by atoms with Gasteiger partial charge in [0.15, 0.2) is 11.5 Å². The Hall–Kier alpha value is -2.04. The lowest BCUT2D eigenvalue weighted by atomic mass is 9.66. The summed E-state index contributed by atoms with van der Waals surface area (Å²) in [5.41, 5.74) is 1.65. The third-order valence-electron chi connectivity index (χ3n) is 6.86. The lowest BCUT2D eigenvalue weighted by molar-refractivity contribution is -0.123. The van der Waals surface area contributed by atoms with Gasteiger partial charge in [0.05, 0.1) is 5.60 Å². The first-order valence-electron chi connectivity index (χ1n) is 10.6. The zero-order valence-electron chi connectivity index (χ0n) is 16.3. The molecule has 3 atom stereocenters. The highest BCUT2D eigenvalue weighted by atomic mass is 16.6. The smallest absolute Gasteiger partial charge is 0.161 e. The fourth-order valence-electron chi connectivity index (χ4n) is 5.47. The van der Waals surface area contributed by atoms with Gasteiger partial charge in [0.2, 0.25) is 0 Å². The molecule has 0 bridgehead atoms. The highest BCUT2D eigenvalue weighted by Crippen LogP contribution is 2.47. The lowest BCUT2D eigenvalue weighted by Gasteiger charge is -2.52. The Kier molecular flexibility index (Phi) is 4.77. The van der Waals surface area contributed by atoms with E-state index in [1.807, 2.05) is 24.3 Å². The number of benzene rings is 2. The third kappa shape index (κ3) is 3.19. The second kappa shape index (κ2) is 7.41. The minimum Gasteiger partial charge on any atom is -0.486 e. The van der Waals surface area contributed by atoms with Gasteiger partial charge >= 0.3 is 0 Å². The third-order valence-corrected chi connectivity index (χ3v) is 6.86. The van der Waals surface area contributed by atoms with Crippen molar-refractivity contribution in [3.05, 3.63) is 59.7 Å². The number of hydrogen-bond acceptors (Lipinski definition) is 4. The summed E-state index contributed by atoms with van der Waals surface area (Å²) in [6, 6.07) is 17.1. The van der Waals surface area contributed by atoms with Gasteiger partial charge in [0, 0.05) is 25.0 Å². The predicted octanol–water partition coefficient (Wildman–Crippen LogP) is 4.11. The fourth-order valence-corrected chi connectivity index (χ4v) is 5.47. The quantitative estimate of drug-likeness (QED) is 0.871. The molecular formula is C24H29NO3. The zero-order chi connectivity index (χ0) is 19.0. The Bertz CT molecular complexity index is 824. The van der Waals surface area contributed by atoms with Crippen molar-refractivity contribution in [3.8, 4) is 11.5 Å². The first-order valence-corrected chi connectivity index (χ1v) is 10.6. The predicted molar refractivity (Wildman–Crippen MR) is 109 cm³/mol. The van der Waals surface area contributed by atoms with Gasteiger partial charge in [-0.25, -0.2) is 0 Å². The van der Waals surface area contributed by atoms with Gasteiger partial charge in [0.25, 0.3) is 0 Å². The number of fused-ring (bicyclic) bond motifs is 2. The molecule has 2 heterocycles. The topological polar surface area (TPSA) is 41.9 Å². The van der Waals surface area contributed by atoms with Crippen LogP contribution in [0.5, 0.6) is 11.5 Å². The number of likely N-dealkylation sites (tertiary alicyclic amines) is 1. The van der Waals surface area contributed by atoms with Crippen LogP contribution in [0.25, 0.3) is 0 Å². The van der Waals surface area contributed by atoms with Crippen LogP contribution in [0.2, 0.25) is 0 Å². The molecule has 2 fully saturated rings. The van der Waals surface area contributed by atoms with E-state index in [4.69, 9.17) is 9.47 Å². The van der Waals surface area contributed by atoms with Crippen LogP contribution >= 0.6 is 0 Å². The molecule has 3 aliphatic rings. The molecule has 0 unspecified atom stereocenters. The second-order valence-electron chi connectivity index (χ2n) is 8.45. The highest BCUT2D eigenvalue weighted by Gasteiger charge is 2.48. The van der Waals surface area contributed by atoms with Crippen LogP contribution in [-0.2, 0) is 12.1 Å². The van der Waals surface area contributed by atoms with Gasteiger partial charge in [-0.2, -0.15) is 0 Å². The summed E-state index contributed by atoms with van der Waals surface area (Å²) in [5.74, 6) is 2.01. The number of aliphatic hydroxyl groups is 1. The summed E-state index contributed by atoms with van der Waals surface area (Å²) in [4.78, 5) is 2.59. The first kappa shape index (κ1) is 18.0. The monoisotopic (exact) mass is 379 g/mol. The molecule has 1 N–H and O–H groups in total. The molecule has 4 nitrogen and oxygen atoms in total. The van der Waals surface area contributed by atoms with Crippen molar-refractivity contribution in [2.24, 2.45) is 5.92 Å². The minimum absolute atomic E-state index is 0.301. The number of hydrogen-bond donors (Lipinski definition) is 1. The van der Waals surface area contributed by atoms with Gasteiger partial charge in [-0.05, 0) is 42.5 Å². The van der Waals surface area contributed by atoms with Gasteiger partial charge in [-0.1, -0.05) is 49.2 Å². The summed E-state index contributed by atoms with van der Waals surface area (Å²) in [6.45, 7) is 3.07. The van der Waals surface area contributed by atoms with Gasteiger partial charge in [-0.3, -0.25) is 4.90 Å². The summed E-state index contributed by atoms with van der Waals surface area (Å²) >= 11 is 0. The first-order chi connectivity index (χ1) is 13.7. The molecule has 28 heavy (non-hydrogen) atoms. The van der Waals surface area contributed by atoms with Gasteiger partial charge in [-0.15, -0.1) is 0 Å². The van der Waals surface area contributed by atoms with Crippen LogP contribution in [0, 0.1) is 5.92 Å². The van der Waals surface area contributed by atoms with Crippen molar-refractivity contribution in [1.29, 1.82) is 0 Å².